The number of pyridine rings is 1. The molecular weight excluding hydrogens is 288 g/mol. The fourth-order valence-electron chi connectivity index (χ4n) is 0.948. The van der Waals surface area contributed by atoms with Crippen LogP contribution in [0.25, 0.3) is 0 Å². The number of nitrogens with zero attached hydrogens (tertiary/aromatic N) is 1. The lowest BCUT2D eigenvalue weighted by Gasteiger charge is -2.17. The van der Waals surface area contributed by atoms with Crippen molar-refractivity contribution in [2.45, 2.75) is 25.5 Å². The Kier molecular flexibility index (Phi) is 4.80. The van der Waals surface area contributed by atoms with E-state index >= 15 is 0 Å². The second-order valence-electron chi connectivity index (χ2n) is 4.29. The molecule has 3 nitrogen and oxygen atoms in total. The summed E-state index contributed by atoms with van der Waals surface area (Å²) in [6.07, 6.45) is 1.67. The van der Waals surface area contributed by atoms with Gasteiger partial charge in [-0.05, 0) is 28.1 Å². The smallest absolute Gasteiger partial charge is 0.234 e. The van der Waals surface area contributed by atoms with Crippen molar-refractivity contribution in [2.75, 3.05) is 11.1 Å². The van der Waals surface area contributed by atoms with Crippen molar-refractivity contribution >= 4 is 39.3 Å². The zero-order valence-electron chi connectivity index (χ0n) is 9.58. The molecule has 0 saturated heterocycles. The van der Waals surface area contributed by atoms with Crippen LogP contribution in [0.1, 0.15) is 20.8 Å². The summed E-state index contributed by atoms with van der Waals surface area (Å²) in [7, 11) is 0. The van der Waals surface area contributed by atoms with Crippen molar-refractivity contribution in [1.29, 1.82) is 0 Å². The van der Waals surface area contributed by atoms with Gasteiger partial charge in [-0.1, -0.05) is 20.8 Å². The number of rotatable bonds is 3. The Balaban J connectivity index is 2.50. The van der Waals surface area contributed by atoms with Gasteiger partial charge in [0.25, 0.3) is 0 Å². The average molecular weight is 303 g/mol. The molecule has 0 radical (unpaired) electrons. The van der Waals surface area contributed by atoms with E-state index in [0.717, 1.165) is 0 Å². The van der Waals surface area contributed by atoms with Gasteiger partial charge in [0.05, 0.1) is 11.4 Å². The summed E-state index contributed by atoms with van der Waals surface area (Å²) >= 11 is 4.90. The molecule has 88 valence electrons. The first-order chi connectivity index (χ1) is 7.38. The first-order valence-corrected chi connectivity index (χ1v) is 6.71. The van der Waals surface area contributed by atoms with Crippen LogP contribution in [-0.4, -0.2) is 21.4 Å². The van der Waals surface area contributed by atoms with Crippen molar-refractivity contribution in [3.63, 3.8) is 0 Å². The fraction of sp³-hybridized carbons (Fsp3) is 0.455. The predicted octanol–water partition coefficient (Wildman–Crippen LogP) is 3.31. The third-order valence-electron chi connectivity index (χ3n) is 1.67. The lowest BCUT2D eigenvalue weighted by molar-refractivity contribution is -0.113. The summed E-state index contributed by atoms with van der Waals surface area (Å²) in [6, 6.07) is 3.61. The molecule has 1 aromatic heterocycles. The predicted molar refractivity (Wildman–Crippen MR) is 72.8 cm³/mol. The van der Waals surface area contributed by atoms with Gasteiger partial charge in [-0.2, -0.15) is 0 Å². The zero-order valence-corrected chi connectivity index (χ0v) is 12.0. The monoisotopic (exact) mass is 302 g/mol. The third kappa shape index (κ3) is 4.99. The standard InChI is InChI=1S/C11H15BrN2OS/c1-11(2,3)16-7-9(15)14-8-5-4-6-13-10(8)12/h4-6H,7H2,1-3H3,(H,14,15). The summed E-state index contributed by atoms with van der Waals surface area (Å²) in [5.41, 5.74) is 0.710. The first kappa shape index (κ1) is 13.5. The fourth-order valence-corrected chi connectivity index (χ4v) is 1.93. The molecule has 5 heteroatoms. The van der Waals surface area contributed by atoms with Crippen molar-refractivity contribution < 1.29 is 4.79 Å². The molecule has 0 aliphatic carbocycles. The van der Waals surface area contributed by atoms with E-state index in [1.54, 1.807) is 24.0 Å². The van der Waals surface area contributed by atoms with Crippen LogP contribution >= 0.6 is 27.7 Å². The molecule has 0 aromatic carbocycles. The van der Waals surface area contributed by atoms with Crippen LogP contribution in [0.2, 0.25) is 0 Å². The van der Waals surface area contributed by atoms with Crippen LogP contribution in [0.15, 0.2) is 22.9 Å². The average Bonchev–Trinajstić information content (AvgIpc) is 2.18. The van der Waals surface area contributed by atoms with Gasteiger partial charge in [-0.15, -0.1) is 11.8 Å². The third-order valence-corrected chi connectivity index (χ3v) is 3.57. The second-order valence-corrected chi connectivity index (χ2v) is 6.84. The summed E-state index contributed by atoms with van der Waals surface area (Å²) in [5.74, 6) is 0.443. The van der Waals surface area contributed by atoms with Crippen molar-refractivity contribution in [2.24, 2.45) is 0 Å². The number of hydrogen-bond donors (Lipinski definition) is 1. The van der Waals surface area contributed by atoms with Gasteiger partial charge in [-0.3, -0.25) is 4.79 Å². The summed E-state index contributed by atoms with van der Waals surface area (Å²) < 4.78 is 0.757. The van der Waals surface area contributed by atoms with Crippen molar-refractivity contribution in [3.8, 4) is 0 Å². The number of anilines is 1. The summed E-state index contributed by atoms with van der Waals surface area (Å²) in [6.45, 7) is 6.26. The van der Waals surface area contributed by atoms with Gasteiger partial charge in [0.2, 0.25) is 5.91 Å². The molecule has 0 aliphatic heterocycles. The van der Waals surface area contributed by atoms with E-state index in [2.05, 4.69) is 47.0 Å². The molecule has 1 aromatic rings. The van der Waals surface area contributed by atoms with Crippen LogP contribution in [0.3, 0.4) is 0 Å². The number of nitrogens with one attached hydrogen (secondary N) is 1. The Morgan fingerprint density at radius 3 is 2.81 bits per heavy atom. The van der Waals surface area contributed by atoms with Crippen LogP contribution < -0.4 is 5.32 Å². The molecule has 1 amide bonds. The van der Waals surface area contributed by atoms with Gasteiger partial charge in [0.15, 0.2) is 0 Å². The van der Waals surface area contributed by atoms with Crippen LogP contribution in [0.5, 0.6) is 0 Å². The van der Waals surface area contributed by atoms with E-state index < -0.39 is 0 Å². The zero-order chi connectivity index (χ0) is 12.2. The van der Waals surface area contributed by atoms with Crippen LogP contribution in [0, 0.1) is 0 Å². The topological polar surface area (TPSA) is 42.0 Å². The highest BCUT2D eigenvalue weighted by Crippen LogP contribution is 2.24. The number of amides is 1. The molecule has 1 rings (SSSR count). The van der Waals surface area contributed by atoms with Gasteiger partial charge >= 0.3 is 0 Å². The maximum absolute atomic E-state index is 11.6. The Morgan fingerprint density at radius 2 is 2.25 bits per heavy atom. The molecule has 16 heavy (non-hydrogen) atoms. The van der Waals surface area contributed by atoms with Crippen molar-refractivity contribution in [3.05, 3.63) is 22.9 Å². The van der Waals surface area contributed by atoms with Crippen molar-refractivity contribution in [1.82, 2.24) is 4.98 Å². The highest BCUT2D eigenvalue weighted by Gasteiger charge is 2.13. The molecule has 0 fully saturated rings. The molecule has 0 saturated carbocycles. The number of carbonyl (C=O) groups excluding carboxylic acids is 1. The lowest BCUT2D eigenvalue weighted by Crippen LogP contribution is -2.19. The van der Waals surface area contributed by atoms with E-state index in [0.29, 0.717) is 16.0 Å². The van der Waals surface area contributed by atoms with E-state index in [-0.39, 0.29) is 10.7 Å². The number of carbonyl (C=O) groups is 1. The van der Waals surface area contributed by atoms with Crippen LogP contribution in [0.4, 0.5) is 5.69 Å². The Bertz CT molecular complexity index is 376. The maximum Gasteiger partial charge on any atom is 0.234 e. The Morgan fingerprint density at radius 1 is 1.56 bits per heavy atom. The molecule has 0 bridgehead atoms. The van der Waals surface area contributed by atoms with Gasteiger partial charge in [0, 0.05) is 10.9 Å². The Labute approximate surface area is 109 Å². The molecular formula is C11H15BrN2OS. The summed E-state index contributed by atoms with van der Waals surface area (Å²) in [5, 5.41) is 2.81. The van der Waals surface area contributed by atoms with E-state index in [1.807, 2.05) is 6.07 Å². The maximum atomic E-state index is 11.6. The molecule has 0 unspecified atom stereocenters. The van der Waals surface area contributed by atoms with Gasteiger partial charge in [-0.25, -0.2) is 4.98 Å². The number of aromatic nitrogens is 1. The molecule has 1 heterocycles. The SMILES string of the molecule is CC(C)(C)SCC(=O)Nc1cccnc1Br. The molecule has 0 spiro atoms. The van der Waals surface area contributed by atoms with E-state index in [9.17, 15) is 4.79 Å². The second kappa shape index (κ2) is 5.68. The number of hydrogen-bond acceptors (Lipinski definition) is 3. The minimum Gasteiger partial charge on any atom is -0.323 e. The largest absolute Gasteiger partial charge is 0.323 e. The number of thioether (sulfide) groups is 1. The van der Waals surface area contributed by atoms with Crippen LogP contribution in [-0.2, 0) is 4.79 Å². The first-order valence-electron chi connectivity index (χ1n) is 4.93. The van der Waals surface area contributed by atoms with Gasteiger partial charge < -0.3 is 5.32 Å². The molecule has 0 atom stereocenters. The molecule has 1 N–H and O–H groups in total. The van der Waals surface area contributed by atoms with E-state index in [4.69, 9.17) is 0 Å². The normalized spacial score (nSPS) is 11.2. The minimum atomic E-state index is -0.00590. The number of halogens is 1. The highest BCUT2D eigenvalue weighted by atomic mass is 79.9. The Hall–Kier alpha value is -0.550. The highest BCUT2D eigenvalue weighted by molar-refractivity contribution is 9.10. The summed E-state index contributed by atoms with van der Waals surface area (Å²) in [4.78, 5) is 15.7. The minimum absolute atomic E-state index is 0.00590. The van der Waals surface area contributed by atoms with E-state index in [1.165, 1.54) is 0 Å². The van der Waals surface area contributed by atoms with Gasteiger partial charge in [0.1, 0.15) is 4.60 Å². The quantitative estimate of drug-likeness (QED) is 0.871. The molecule has 0 aliphatic rings. The lowest BCUT2D eigenvalue weighted by atomic mass is 10.3.